The highest BCUT2D eigenvalue weighted by Gasteiger charge is 2.06. The van der Waals surface area contributed by atoms with Gasteiger partial charge in [0, 0.05) is 12.1 Å². The van der Waals surface area contributed by atoms with Crippen LogP contribution in [0.5, 0.6) is 0 Å². The highest BCUT2D eigenvalue weighted by Crippen LogP contribution is 2.06. The van der Waals surface area contributed by atoms with Crippen LogP contribution in [0.4, 0.5) is 0 Å². The standard InChI is InChI=1S/C10H23NO/c1-8(2)5-6-9(3)11-10(4)7-12/h8-12H,5-7H2,1-4H3/t9-,10-/m0/s1. The molecule has 0 spiro atoms. The Balaban J connectivity index is 3.39. The molecule has 0 aliphatic rings. The summed E-state index contributed by atoms with van der Waals surface area (Å²) in [5.41, 5.74) is 0. The zero-order valence-corrected chi connectivity index (χ0v) is 8.80. The molecule has 0 saturated heterocycles. The molecule has 0 unspecified atom stereocenters. The van der Waals surface area contributed by atoms with Crippen LogP contribution in [0.15, 0.2) is 0 Å². The molecule has 2 atom stereocenters. The van der Waals surface area contributed by atoms with Gasteiger partial charge in [0.15, 0.2) is 0 Å². The average molecular weight is 173 g/mol. The van der Waals surface area contributed by atoms with Gasteiger partial charge in [-0.15, -0.1) is 0 Å². The van der Waals surface area contributed by atoms with Gasteiger partial charge in [0.1, 0.15) is 0 Å². The fourth-order valence-electron chi connectivity index (χ4n) is 1.21. The van der Waals surface area contributed by atoms with E-state index in [-0.39, 0.29) is 12.6 Å². The fourth-order valence-corrected chi connectivity index (χ4v) is 1.21. The smallest absolute Gasteiger partial charge is 0.0582 e. The molecule has 0 aliphatic heterocycles. The SMILES string of the molecule is CC(C)CC[C@H](C)N[C@@H](C)CO. The van der Waals surface area contributed by atoms with Crippen molar-refractivity contribution in [3.8, 4) is 0 Å². The molecule has 2 nitrogen and oxygen atoms in total. The van der Waals surface area contributed by atoms with E-state index in [0.29, 0.717) is 6.04 Å². The number of nitrogens with one attached hydrogen (secondary N) is 1. The van der Waals surface area contributed by atoms with Gasteiger partial charge in [-0.2, -0.15) is 0 Å². The van der Waals surface area contributed by atoms with E-state index in [0.717, 1.165) is 5.92 Å². The zero-order valence-electron chi connectivity index (χ0n) is 8.80. The van der Waals surface area contributed by atoms with Crippen molar-refractivity contribution in [3.05, 3.63) is 0 Å². The van der Waals surface area contributed by atoms with Crippen molar-refractivity contribution in [3.63, 3.8) is 0 Å². The third kappa shape index (κ3) is 6.62. The van der Waals surface area contributed by atoms with E-state index in [2.05, 4.69) is 26.1 Å². The van der Waals surface area contributed by atoms with E-state index in [4.69, 9.17) is 5.11 Å². The van der Waals surface area contributed by atoms with Crippen LogP contribution in [0.1, 0.15) is 40.5 Å². The van der Waals surface area contributed by atoms with Crippen molar-refractivity contribution in [2.24, 2.45) is 5.92 Å². The molecule has 0 amide bonds. The van der Waals surface area contributed by atoms with Crippen LogP contribution >= 0.6 is 0 Å². The lowest BCUT2D eigenvalue weighted by molar-refractivity contribution is 0.239. The van der Waals surface area contributed by atoms with Gasteiger partial charge in [0.2, 0.25) is 0 Å². The monoisotopic (exact) mass is 173 g/mol. The molecule has 74 valence electrons. The number of hydrogen-bond acceptors (Lipinski definition) is 2. The molecule has 0 aliphatic carbocycles. The molecule has 0 aromatic carbocycles. The topological polar surface area (TPSA) is 32.3 Å². The molecule has 0 rings (SSSR count). The van der Waals surface area contributed by atoms with Crippen LogP contribution in [0.25, 0.3) is 0 Å². The molecule has 0 aromatic heterocycles. The maximum atomic E-state index is 8.80. The molecule has 0 saturated carbocycles. The third-order valence-corrected chi connectivity index (χ3v) is 2.02. The predicted octanol–water partition coefficient (Wildman–Crippen LogP) is 1.78. The first kappa shape index (κ1) is 11.9. The Hall–Kier alpha value is -0.0800. The summed E-state index contributed by atoms with van der Waals surface area (Å²) < 4.78 is 0. The summed E-state index contributed by atoms with van der Waals surface area (Å²) in [6.07, 6.45) is 2.45. The molecule has 0 aromatic rings. The van der Waals surface area contributed by atoms with E-state index in [1.165, 1.54) is 12.8 Å². The fraction of sp³-hybridized carbons (Fsp3) is 1.00. The van der Waals surface area contributed by atoms with Crippen LogP contribution in [0, 0.1) is 5.92 Å². The second-order valence-corrected chi connectivity index (χ2v) is 4.12. The maximum Gasteiger partial charge on any atom is 0.0582 e. The van der Waals surface area contributed by atoms with Gasteiger partial charge in [-0.05, 0) is 32.6 Å². The Labute approximate surface area is 76.4 Å². The van der Waals surface area contributed by atoms with Crippen LogP contribution < -0.4 is 5.32 Å². The zero-order chi connectivity index (χ0) is 9.56. The van der Waals surface area contributed by atoms with Crippen molar-refractivity contribution >= 4 is 0 Å². The van der Waals surface area contributed by atoms with Crippen molar-refractivity contribution in [1.29, 1.82) is 0 Å². The average Bonchev–Trinajstić information content (AvgIpc) is 2.00. The quantitative estimate of drug-likeness (QED) is 0.641. The second-order valence-electron chi connectivity index (χ2n) is 4.12. The van der Waals surface area contributed by atoms with Gasteiger partial charge in [-0.25, -0.2) is 0 Å². The molecular formula is C10H23NO. The van der Waals surface area contributed by atoms with Crippen molar-refractivity contribution in [2.75, 3.05) is 6.61 Å². The molecule has 0 bridgehead atoms. The van der Waals surface area contributed by atoms with E-state index < -0.39 is 0 Å². The summed E-state index contributed by atoms with van der Waals surface area (Å²) in [5.74, 6) is 0.777. The van der Waals surface area contributed by atoms with E-state index >= 15 is 0 Å². The molecule has 2 heteroatoms. The summed E-state index contributed by atoms with van der Waals surface area (Å²) in [5, 5.41) is 12.1. The van der Waals surface area contributed by atoms with Gasteiger partial charge < -0.3 is 10.4 Å². The molecule has 0 radical (unpaired) electrons. The maximum absolute atomic E-state index is 8.80. The van der Waals surface area contributed by atoms with Gasteiger partial charge >= 0.3 is 0 Å². The minimum absolute atomic E-state index is 0.228. The summed E-state index contributed by atoms with van der Waals surface area (Å²) >= 11 is 0. The molecule has 0 heterocycles. The summed E-state index contributed by atoms with van der Waals surface area (Å²) in [6.45, 7) is 8.89. The van der Waals surface area contributed by atoms with Crippen LogP contribution in [0.3, 0.4) is 0 Å². The summed E-state index contributed by atoms with van der Waals surface area (Å²) in [4.78, 5) is 0. The Morgan fingerprint density at radius 2 is 1.58 bits per heavy atom. The van der Waals surface area contributed by atoms with Crippen LogP contribution in [-0.4, -0.2) is 23.8 Å². The lowest BCUT2D eigenvalue weighted by Gasteiger charge is -2.18. The summed E-state index contributed by atoms with van der Waals surface area (Å²) in [6, 6.07) is 0.752. The van der Waals surface area contributed by atoms with E-state index in [9.17, 15) is 0 Å². The Morgan fingerprint density at radius 1 is 1.00 bits per heavy atom. The molecule has 12 heavy (non-hydrogen) atoms. The van der Waals surface area contributed by atoms with Crippen molar-refractivity contribution < 1.29 is 5.11 Å². The Morgan fingerprint density at radius 3 is 2.00 bits per heavy atom. The minimum Gasteiger partial charge on any atom is -0.395 e. The number of hydrogen-bond donors (Lipinski definition) is 2. The van der Waals surface area contributed by atoms with Crippen LogP contribution in [-0.2, 0) is 0 Å². The molecule has 0 fully saturated rings. The molecule has 2 N–H and O–H groups in total. The first-order valence-electron chi connectivity index (χ1n) is 4.93. The lowest BCUT2D eigenvalue weighted by atomic mass is 10.0. The highest BCUT2D eigenvalue weighted by molar-refractivity contribution is 4.66. The predicted molar refractivity (Wildman–Crippen MR) is 53.2 cm³/mol. The second kappa shape index (κ2) is 6.44. The largest absolute Gasteiger partial charge is 0.395 e. The first-order valence-corrected chi connectivity index (χ1v) is 4.93. The van der Waals surface area contributed by atoms with Gasteiger partial charge in [-0.3, -0.25) is 0 Å². The van der Waals surface area contributed by atoms with Gasteiger partial charge in [-0.1, -0.05) is 13.8 Å². The minimum atomic E-state index is 0.228. The number of rotatable bonds is 6. The lowest BCUT2D eigenvalue weighted by Crippen LogP contribution is -2.36. The van der Waals surface area contributed by atoms with Gasteiger partial charge in [0.25, 0.3) is 0 Å². The normalized spacial score (nSPS) is 16.5. The molecular weight excluding hydrogens is 150 g/mol. The van der Waals surface area contributed by atoms with E-state index in [1.807, 2.05) is 6.92 Å². The summed E-state index contributed by atoms with van der Waals surface area (Å²) in [7, 11) is 0. The van der Waals surface area contributed by atoms with Crippen molar-refractivity contribution in [2.45, 2.75) is 52.6 Å². The Kier molecular flexibility index (Phi) is 6.39. The number of aliphatic hydroxyl groups is 1. The third-order valence-electron chi connectivity index (χ3n) is 2.02. The van der Waals surface area contributed by atoms with Gasteiger partial charge in [0.05, 0.1) is 6.61 Å². The van der Waals surface area contributed by atoms with Crippen LogP contribution in [0.2, 0.25) is 0 Å². The first-order chi connectivity index (χ1) is 5.56. The number of aliphatic hydroxyl groups excluding tert-OH is 1. The Bertz CT molecular complexity index is 104. The van der Waals surface area contributed by atoms with Crippen molar-refractivity contribution in [1.82, 2.24) is 5.32 Å². The highest BCUT2D eigenvalue weighted by atomic mass is 16.3. The van der Waals surface area contributed by atoms with E-state index in [1.54, 1.807) is 0 Å².